The van der Waals surface area contributed by atoms with Crippen molar-refractivity contribution in [1.82, 2.24) is 9.55 Å². The minimum Gasteiger partial charge on any atom is -0.454 e. The smallest absolute Gasteiger partial charge is 0.231 e. The Morgan fingerprint density at radius 3 is 2.55 bits per heavy atom. The average Bonchev–Trinajstić information content (AvgIpc) is 3.51. The number of benzene rings is 2. The third kappa shape index (κ3) is 3.62. The molecule has 5 nitrogen and oxygen atoms in total. The van der Waals surface area contributed by atoms with Crippen LogP contribution in [-0.2, 0) is 6.54 Å². The summed E-state index contributed by atoms with van der Waals surface area (Å²) in [7, 11) is 0. The predicted molar refractivity (Wildman–Crippen MR) is 128 cm³/mol. The molecular formula is C28H25N3O2. The number of fused-ring (bicyclic) bond motifs is 2. The fraction of sp³-hybridized carbons (Fsp3) is 0.286. The number of nitriles is 1. The third-order valence-electron chi connectivity index (χ3n) is 6.96. The van der Waals surface area contributed by atoms with Crippen LogP contribution in [0.4, 0.5) is 0 Å². The highest BCUT2D eigenvalue weighted by molar-refractivity contribution is 6.01. The molecular weight excluding hydrogens is 410 g/mol. The number of hydrogen-bond acceptors (Lipinski definition) is 4. The first-order valence-corrected chi connectivity index (χ1v) is 11.7. The Kier molecular flexibility index (Phi) is 4.99. The Morgan fingerprint density at radius 1 is 0.939 bits per heavy atom. The molecule has 4 aromatic rings. The van der Waals surface area contributed by atoms with E-state index in [2.05, 4.69) is 22.9 Å². The second-order valence-corrected chi connectivity index (χ2v) is 9.01. The molecule has 1 aliphatic carbocycles. The number of rotatable bonds is 4. The highest BCUT2D eigenvalue weighted by Crippen LogP contribution is 2.41. The van der Waals surface area contributed by atoms with E-state index in [0.29, 0.717) is 5.56 Å². The first kappa shape index (κ1) is 19.9. The number of nitrogens with zero attached hydrogens (tertiary/aromatic N) is 3. The standard InChI is InChI=1S/C28H25N3O2/c29-15-19-6-8-21(9-7-19)27-23-12-13-31(17-20-4-2-1-3-5-20)24(23)16-30-28(27)22-10-11-25-26(14-22)33-18-32-25/h6-14,16,20H,1-5,17-18H2. The number of pyridine rings is 1. The minimum atomic E-state index is 0.248. The van der Waals surface area contributed by atoms with Crippen molar-refractivity contribution in [2.45, 2.75) is 38.6 Å². The van der Waals surface area contributed by atoms with Crippen LogP contribution in [0.25, 0.3) is 33.3 Å². The lowest BCUT2D eigenvalue weighted by Crippen LogP contribution is -2.13. The van der Waals surface area contributed by atoms with Crippen LogP contribution in [0.1, 0.15) is 37.7 Å². The van der Waals surface area contributed by atoms with Crippen LogP contribution < -0.4 is 9.47 Å². The van der Waals surface area contributed by atoms with Crippen LogP contribution >= 0.6 is 0 Å². The Balaban J connectivity index is 1.50. The normalized spacial score (nSPS) is 15.6. The van der Waals surface area contributed by atoms with Gasteiger partial charge >= 0.3 is 0 Å². The quantitative estimate of drug-likeness (QED) is 0.365. The van der Waals surface area contributed by atoms with Crippen LogP contribution in [0.5, 0.6) is 11.5 Å². The van der Waals surface area contributed by atoms with E-state index in [1.54, 1.807) is 0 Å². The van der Waals surface area contributed by atoms with Crippen molar-refractivity contribution in [1.29, 1.82) is 5.26 Å². The van der Waals surface area contributed by atoms with Crippen molar-refractivity contribution < 1.29 is 9.47 Å². The minimum absolute atomic E-state index is 0.248. The summed E-state index contributed by atoms with van der Waals surface area (Å²) in [6.07, 6.45) is 10.9. The van der Waals surface area contributed by atoms with E-state index in [9.17, 15) is 5.26 Å². The second-order valence-electron chi connectivity index (χ2n) is 9.01. The highest BCUT2D eigenvalue weighted by atomic mass is 16.7. The molecule has 0 bridgehead atoms. The Morgan fingerprint density at radius 2 is 1.73 bits per heavy atom. The Labute approximate surface area is 193 Å². The van der Waals surface area contributed by atoms with Crippen molar-refractivity contribution in [2.75, 3.05) is 6.79 Å². The van der Waals surface area contributed by atoms with Gasteiger partial charge in [-0.25, -0.2) is 0 Å². The monoisotopic (exact) mass is 435 g/mol. The van der Waals surface area contributed by atoms with Crippen molar-refractivity contribution in [3.63, 3.8) is 0 Å². The lowest BCUT2D eigenvalue weighted by molar-refractivity contribution is 0.174. The van der Waals surface area contributed by atoms with Gasteiger partial charge in [0.15, 0.2) is 11.5 Å². The summed E-state index contributed by atoms with van der Waals surface area (Å²) in [5.41, 5.74) is 5.83. The van der Waals surface area contributed by atoms with E-state index in [0.717, 1.165) is 51.9 Å². The topological polar surface area (TPSA) is 60.1 Å². The van der Waals surface area contributed by atoms with E-state index in [4.69, 9.17) is 14.5 Å². The summed E-state index contributed by atoms with van der Waals surface area (Å²) in [6, 6.07) is 18.2. The second kappa shape index (κ2) is 8.29. The Hall–Kier alpha value is -3.78. The summed E-state index contributed by atoms with van der Waals surface area (Å²) in [4.78, 5) is 4.97. The van der Waals surface area contributed by atoms with Crippen molar-refractivity contribution >= 4 is 10.9 Å². The maximum atomic E-state index is 9.26. The fourth-order valence-electron chi connectivity index (χ4n) is 5.23. The molecule has 3 heterocycles. The zero-order valence-electron chi connectivity index (χ0n) is 18.5. The molecule has 6 rings (SSSR count). The third-order valence-corrected chi connectivity index (χ3v) is 6.96. The summed E-state index contributed by atoms with van der Waals surface area (Å²) in [6.45, 7) is 1.29. The maximum Gasteiger partial charge on any atom is 0.231 e. The average molecular weight is 436 g/mol. The van der Waals surface area contributed by atoms with E-state index in [1.807, 2.05) is 48.7 Å². The molecule has 2 aromatic carbocycles. The van der Waals surface area contributed by atoms with Gasteiger partial charge in [-0.2, -0.15) is 5.26 Å². The van der Waals surface area contributed by atoms with Crippen LogP contribution in [0.3, 0.4) is 0 Å². The van der Waals surface area contributed by atoms with Gasteiger partial charge in [0.2, 0.25) is 6.79 Å². The first-order chi connectivity index (χ1) is 16.3. The predicted octanol–water partition coefficient (Wildman–Crippen LogP) is 6.55. The van der Waals surface area contributed by atoms with Gasteiger partial charge in [-0.1, -0.05) is 31.4 Å². The molecule has 1 aliphatic heterocycles. The molecule has 0 unspecified atom stereocenters. The van der Waals surface area contributed by atoms with Gasteiger partial charge < -0.3 is 14.0 Å². The van der Waals surface area contributed by atoms with Gasteiger partial charge in [0.1, 0.15) is 0 Å². The molecule has 2 aromatic heterocycles. The van der Waals surface area contributed by atoms with E-state index in [1.165, 1.54) is 37.5 Å². The maximum absolute atomic E-state index is 9.26. The molecule has 0 spiro atoms. The van der Waals surface area contributed by atoms with Crippen LogP contribution in [0, 0.1) is 17.2 Å². The van der Waals surface area contributed by atoms with Crippen LogP contribution in [0.15, 0.2) is 60.9 Å². The summed E-state index contributed by atoms with van der Waals surface area (Å²) in [5.74, 6) is 2.25. The number of aromatic nitrogens is 2. The molecule has 0 radical (unpaired) electrons. The zero-order chi connectivity index (χ0) is 22.2. The molecule has 164 valence electrons. The molecule has 0 atom stereocenters. The molecule has 2 aliphatic rings. The van der Waals surface area contributed by atoms with Gasteiger partial charge in [-0.05, 0) is 60.7 Å². The largest absolute Gasteiger partial charge is 0.454 e. The molecule has 1 saturated carbocycles. The Bertz CT molecular complexity index is 1360. The summed E-state index contributed by atoms with van der Waals surface area (Å²) < 4.78 is 13.5. The van der Waals surface area contributed by atoms with Crippen molar-refractivity contribution in [3.05, 3.63) is 66.5 Å². The molecule has 5 heteroatoms. The highest BCUT2D eigenvalue weighted by Gasteiger charge is 2.21. The lowest BCUT2D eigenvalue weighted by Gasteiger charge is -2.22. The van der Waals surface area contributed by atoms with Gasteiger partial charge in [-0.15, -0.1) is 0 Å². The fourth-order valence-corrected chi connectivity index (χ4v) is 5.23. The van der Waals surface area contributed by atoms with Crippen LogP contribution in [-0.4, -0.2) is 16.3 Å². The van der Waals surface area contributed by atoms with Gasteiger partial charge in [0.25, 0.3) is 0 Å². The van der Waals surface area contributed by atoms with Gasteiger partial charge in [-0.3, -0.25) is 4.98 Å². The molecule has 0 saturated heterocycles. The summed E-state index contributed by atoms with van der Waals surface area (Å²) in [5, 5.41) is 10.4. The summed E-state index contributed by atoms with van der Waals surface area (Å²) >= 11 is 0. The molecule has 0 amide bonds. The van der Waals surface area contributed by atoms with Crippen LogP contribution in [0.2, 0.25) is 0 Å². The number of hydrogen-bond donors (Lipinski definition) is 0. The molecule has 1 fully saturated rings. The van der Waals surface area contributed by atoms with Crippen molar-refractivity contribution in [2.24, 2.45) is 5.92 Å². The van der Waals surface area contributed by atoms with Crippen molar-refractivity contribution in [3.8, 4) is 40.0 Å². The molecule has 0 N–H and O–H groups in total. The zero-order valence-corrected chi connectivity index (χ0v) is 18.5. The van der Waals surface area contributed by atoms with E-state index in [-0.39, 0.29) is 6.79 Å². The molecule has 33 heavy (non-hydrogen) atoms. The van der Waals surface area contributed by atoms with E-state index < -0.39 is 0 Å². The first-order valence-electron chi connectivity index (χ1n) is 11.7. The van der Waals surface area contributed by atoms with Gasteiger partial charge in [0, 0.05) is 29.3 Å². The van der Waals surface area contributed by atoms with Gasteiger partial charge in [0.05, 0.1) is 29.0 Å². The number of ether oxygens (including phenoxy) is 2. The SMILES string of the molecule is N#Cc1ccc(-c2c(-c3ccc4c(c3)OCO4)ncc3c2ccn3CC2CCCCC2)cc1. The van der Waals surface area contributed by atoms with E-state index >= 15 is 0 Å². The lowest BCUT2D eigenvalue weighted by atomic mass is 9.89.